The number of fused-ring (bicyclic) bond motifs is 1. The van der Waals surface area contributed by atoms with E-state index in [1.54, 1.807) is 6.07 Å². The lowest BCUT2D eigenvalue weighted by molar-refractivity contribution is 0.0702. The summed E-state index contributed by atoms with van der Waals surface area (Å²) in [7, 11) is 4.03. The molecule has 0 aliphatic heterocycles. The first-order valence-corrected chi connectivity index (χ1v) is 7.10. The van der Waals surface area contributed by atoms with Crippen molar-refractivity contribution in [3.05, 3.63) is 16.6 Å². The Bertz CT molecular complexity index is 598. The third-order valence-corrected chi connectivity index (χ3v) is 4.10. The van der Waals surface area contributed by atoms with Crippen LogP contribution in [-0.4, -0.2) is 46.4 Å². The molecule has 0 bridgehead atoms. The monoisotopic (exact) mass is 281 g/mol. The molecular formula is C13H19N3O2S. The second-order valence-electron chi connectivity index (χ2n) is 5.20. The summed E-state index contributed by atoms with van der Waals surface area (Å²) >= 11 is 1.30. The maximum atomic E-state index is 11.1. The molecule has 6 heteroatoms. The van der Waals surface area contributed by atoms with Crippen molar-refractivity contribution in [3.8, 4) is 0 Å². The molecule has 0 atom stereocenters. The number of carboxylic acid groups (broad SMARTS) is 1. The van der Waals surface area contributed by atoms with Crippen LogP contribution in [0.1, 0.15) is 35.1 Å². The number of hydrogen-bond acceptors (Lipinski definition) is 4. The van der Waals surface area contributed by atoms with Gasteiger partial charge in [0.15, 0.2) is 0 Å². The molecule has 0 saturated heterocycles. The fraction of sp³-hybridized carbons (Fsp3) is 0.538. The normalized spacial score (nSPS) is 11.9. The van der Waals surface area contributed by atoms with Crippen LogP contribution in [0.15, 0.2) is 6.07 Å². The molecule has 2 aromatic heterocycles. The molecule has 0 saturated carbocycles. The van der Waals surface area contributed by atoms with Gasteiger partial charge in [-0.15, -0.1) is 11.3 Å². The minimum absolute atomic E-state index is 0.291. The van der Waals surface area contributed by atoms with Gasteiger partial charge in [-0.25, -0.2) is 4.79 Å². The fourth-order valence-corrected chi connectivity index (χ4v) is 2.95. The third-order valence-electron chi connectivity index (χ3n) is 2.97. The van der Waals surface area contributed by atoms with Crippen LogP contribution in [0.25, 0.3) is 10.2 Å². The van der Waals surface area contributed by atoms with E-state index in [9.17, 15) is 4.79 Å². The Morgan fingerprint density at radius 1 is 1.53 bits per heavy atom. The topological polar surface area (TPSA) is 58.4 Å². The summed E-state index contributed by atoms with van der Waals surface area (Å²) in [6.45, 7) is 5.82. The van der Waals surface area contributed by atoms with E-state index in [0.717, 1.165) is 29.0 Å². The molecule has 1 N–H and O–H groups in total. The van der Waals surface area contributed by atoms with Gasteiger partial charge in [-0.05, 0) is 26.1 Å². The summed E-state index contributed by atoms with van der Waals surface area (Å²) in [6, 6.07) is 1.75. The van der Waals surface area contributed by atoms with Crippen LogP contribution in [0.2, 0.25) is 0 Å². The van der Waals surface area contributed by atoms with Crippen LogP contribution in [0, 0.1) is 0 Å². The Balaban J connectivity index is 2.47. The van der Waals surface area contributed by atoms with Gasteiger partial charge in [-0.3, -0.25) is 4.68 Å². The molecule has 0 aliphatic carbocycles. The van der Waals surface area contributed by atoms with Crippen LogP contribution in [-0.2, 0) is 6.54 Å². The number of carboxylic acids is 1. The molecule has 2 aromatic rings. The summed E-state index contributed by atoms with van der Waals surface area (Å²) in [5, 5.41) is 14.7. The van der Waals surface area contributed by atoms with Crippen LogP contribution in [0.5, 0.6) is 0 Å². The molecule has 19 heavy (non-hydrogen) atoms. The van der Waals surface area contributed by atoms with E-state index < -0.39 is 5.97 Å². The van der Waals surface area contributed by atoms with Gasteiger partial charge < -0.3 is 10.0 Å². The maximum absolute atomic E-state index is 11.1. The SMILES string of the molecule is CC(C)c1nn(CCN(C)C)c2sc(C(=O)O)cc12. The van der Waals surface area contributed by atoms with Crippen LogP contribution < -0.4 is 0 Å². The molecule has 104 valence electrons. The number of nitrogens with zero attached hydrogens (tertiary/aromatic N) is 3. The Labute approximate surface area is 116 Å². The van der Waals surface area contributed by atoms with E-state index in [4.69, 9.17) is 5.11 Å². The summed E-state index contributed by atoms with van der Waals surface area (Å²) in [6.07, 6.45) is 0. The van der Waals surface area contributed by atoms with Gasteiger partial charge in [-0.1, -0.05) is 13.8 Å². The minimum Gasteiger partial charge on any atom is -0.477 e. The van der Waals surface area contributed by atoms with Crippen LogP contribution >= 0.6 is 11.3 Å². The van der Waals surface area contributed by atoms with Crippen molar-refractivity contribution in [1.82, 2.24) is 14.7 Å². The first-order valence-electron chi connectivity index (χ1n) is 6.28. The minimum atomic E-state index is -0.866. The highest BCUT2D eigenvalue weighted by molar-refractivity contribution is 7.20. The lowest BCUT2D eigenvalue weighted by Crippen LogP contribution is -2.19. The van der Waals surface area contributed by atoms with Crippen LogP contribution in [0.3, 0.4) is 0 Å². The van der Waals surface area contributed by atoms with Gasteiger partial charge >= 0.3 is 5.97 Å². The smallest absolute Gasteiger partial charge is 0.345 e. The van der Waals surface area contributed by atoms with Crippen molar-refractivity contribution in [2.75, 3.05) is 20.6 Å². The zero-order chi connectivity index (χ0) is 14.2. The highest BCUT2D eigenvalue weighted by atomic mass is 32.1. The van der Waals surface area contributed by atoms with Crippen molar-refractivity contribution < 1.29 is 9.90 Å². The lowest BCUT2D eigenvalue weighted by Gasteiger charge is -2.09. The van der Waals surface area contributed by atoms with Crippen molar-refractivity contribution in [2.45, 2.75) is 26.3 Å². The number of rotatable bonds is 5. The lowest BCUT2D eigenvalue weighted by atomic mass is 10.1. The molecule has 0 fully saturated rings. The quantitative estimate of drug-likeness (QED) is 0.914. The highest BCUT2D eigenvalue weighted by Gasteiger charge is 2.19. The van der Waals surface area contributed by atoms with Gasteiger partial charge in [0.25, 0.3) is 0 Å². The van der Waals surface area contributed by atoms with E-state index >= 15 is 0 Å². The molecule has 0 aliphatic rings. The second-order valence-corrected chi connectivity index (χ2v) is 6.23. The fourth-order valence-electron chi connectivity index (χ4n) is 1.96. The van der Waals surface area contributed by atoms with E-state index in [0.29, 0.717) is 10.8 Å². The number of hydrogen-bond donors (Lipinski definition) is 1. The molecule has 2 heterocycles. The van der Waals surface area contributed by atoms with Gasteiger partial charge in [0.05, 0.1) is 12.2 Å². The summed E-state index contributed by atoms with van der Waals surface area (Å²) < 4.78 is 1.93. The van der Waals surface area contributed by atoms with Crippen LogP contribution in [0.4, 0.5) is 0 Å². The van der Waals surface area contributed by atoms with Gasteiger partial charge in [-0.2, -0.15) is 5.10 Å². The van der Waals surface area contributed by atoms with Gasteiger partial charge in [0.2, 0.25) is 0 Å². The van der Waals surface area contributed by atoms with E-state index in [1.165, 1.54) is 11.3 Å². The largest absolute Gasteiger partial charge is 0.477 e. The van der Waals surface area contributed by atoms with E-state index in [1.807, 2.05) is 18.8 Å². The van der Waals surface area contributed by atoms with Crippen molar-refractivity contribution >= 4 is 27.5 Å². The average Bonchev–Trinajstić information content (AvgIpc) is 2.84. The zero-order valence-electron chi connectivity index (χ0n) is 11.7. The predicted molar refractivity (Wildman–Crippen MR) is 77.2 cm³/mol. The van der Waals surface area contributed by atoms with Gasteiger partial charge in [0.1, 0.15) is 9.71 Å². The Kier molecular flexibility index (Phi) is 3.91. The Morgan fingerprint density at radius 2 is 2.21 bits per heavy atom. The number of aromatic nitrogens is 2. The highest BCUT2D eigenvalue weighted by Crippen LogP contribution is 2.32. The van der Waals surface area contributed by atoms with Crippen molar-refractivity contribution in [3.63, 3.8) is 0 Å². The zero-order valence-corrected chi connectivity index (χ0v) is 12.5. The first-order chi connectivity index (χ1) is 8.90. The Hall–Kier alpha value is -1.40. The second kappa shape index (κ2) is 5.30. The predicted octanol–water partition coefficient (Wildman–Crippen LogP) is 2.48. The van der Waals surface area contributed by atoms with E-state index in [-0.39, 0.29) is 0 Å². The van der Waals surface area contributed by atoms with Crippen molar-refractivity contribution in [2.24, 2.45) is 0 Å². The molecule has 0 unspecified atom stereocenters. The average molecular weight is 281 g/mol. The molecule has 0 spiro atoms. The number of carbonyl (C=O) groups is 1. The molecule has 0 radical (unpaired) electrons. The molecule has 5 nitrogen and oxygen atoms in total. The molecule has 2 rings (SSSR count). The summed E-state index contributed by atoms with van der Waals surface area (Å²) in [5.74, 6) is -0.575. The summed E-state index contributed by atoms with van der Waals surface area (Å²) in [4.78, 5) is 14.5. The third kappa shape index (κ3) is 2.79. The maximum Gasteiger partial charge on any atom is 0.345 e. The number of likely N-dealkylation sites (N-methyl/N-ethyl adjacent to an activating group) is 1. The first kappa shape index (κ1) is 14.0. The molecule has 0 amide bonds. The summed E-state index contributed by atoms with van der Waals surface area (Å²) in [5.41, 5.74) is 0.984. The molecular weight excluding hydrogens is 262 g/mol. The van der Waals surface area contributed by atoms with Gasteiger partial charge in [0, 0.05) is 11.9 Å². The Morgan fingerprint density at radius 3 is 2.74 bits per heavy atom. The molecule has 0 aromatic carbocycles. The van der Waals surface area contributed by atoms with Crippen molar-refractivity contribution in [1.29, 1.82) is 0 Å². The van der Waals surface area contributed by atoms with E-state index in [2.05, 4.69) is 23.8 Å². The number of thiophene rings is 1. The number of aromatic carboxylic acids is 1. The standard InChI is InChI=1S/C13H19N3O2S/c1-8(2)11-9-7-10(13(17)18)19-12(9)16(14-11)6-5-15(3)4/h7-8H,5-6H2,1-4H3,(H,17,18).